The number of hydroxylamine groups is 1. The van der Waals surface area contributed by atoms with Crippen LogP contribution in [0.3, 0.4) is 0 Å². The van der Waals surface area contributed by atoms with Gasteiger partial charge in [0.05, 0.1) is 6.10 Å². The minimum atomic E-state index is -1.26. The summed E-state index contributed by atoms with van der Waals surface area (Å²) >= 11 is 0. The van der Waals surface area contributed by atoms with E-state index < -0.39 is 11.9 Å². The lowest BCUT2D eigenvalue weighted by molar-refractivity contribution is -0.134. The summed E-state index contributed by atoms with van der Waals surface area (Å²) in [6.07, 6.45) is 4.20. The molecule has 1 amide bonds. The molecule has 7 heteroatoms. The minimum absolute atomic E-state index is 0.0224. The summed E-state index contributed by atoms with van der Waals surface area (Å²) in [7, 11) is 0. The van der Waals surface area contributed by atoms with E-state index in [1.165, 1.54) is 6.08 Å². The zero-order valence-corrected chi connectivity index (χ0v) is 10.4. The molecule has 0 unspecified atom stereocenters. The number of allylic oxidation sites excluding steroid dienone is 1. The number of carbonyl (C=O) groups is 3. The summed E-state index contributed by atoms with van der Waals surface area (Å²) < 4.78 is 0. The van der Waals surface area contributed by atoms with Crippen LogP contribution in [0.4, 0.5) is 0 Å². The fourth-order valence-electron chi connectivity index (χ4n) is 0.504. The highest BCUT2D eigenvalue weighted by atomic mass is 16.7. The van der Waals surface area contributed by atoms with Crippen LogP contribution in [-0.2, 0) is 19.2 Å². The predicted molar refractivity (Wildman–Crippen MR) is 63.6 cm³/mol. The van der Waals surface area contributed by atoms with Crippen molar-refractivity contribution in [3.63, 3.8) is 0 Å². The lowest BCUT2D eigenvalue weighted by atomic mass is 10.5. The molecule has 7 nitrogen and oxygen atoms in total. The van der Waals surface area contributed by atoms with Crippen molar-refractivity contribution in [3.8, 4) is 0 Å². The SMILES string of the molecule is CC=CC(=O)NOC(C)C.O=C(O)/C=C\C(=O)O. The Morgan fingerprint density at radius 3 is 1.78 bits per heavy atom. The van der Waals surface area contributed by atoms with Crippen LogP contribution in [0.5, 0.6) is 0 Å². The molecule has 0 spiro atoms. The Balaban J connectivity index is 0. The van der Waals surface area contributed by atoms with Crippen LogP contribution in [0.15, 0.2) is 24.3 Å². The Hall–Kier alpha value is -2.15. The first-order valence-electron chi connectivity index (χ1n) is 5.01. The van der Waals surface area contributed by atoms with Gasteiger partial charge in [0.1, 0.15) is 0 Å². The molecule has 0 aliphatic heterocycles. The van der Waals surface area contributed by atoms with Crippen LogP contribution in [0.2, 0.25) is 0 Å². The van der Waals surface area contributed by atoms with Gasteiger partial charge >= 0.3 is 11.9 Å². The molecule has 0 aliphatic carbocycles. The molecule has 0 atom stereocenters. The fourth-order valence-corrected chi connectivity index (χ4v) is 0.504. The molecule has 0 aromatic carbocycles. The van der Waals surface area contributed by atoms with Gasteiger partial charge in [-0.2, -0.15) is 0 Å². The average molecular weight is 259 g/mol. The minimum Gasteiger partial charge on any atom is -0.478 e. The maximum Gasteiger partial charge on any atom is 0.328 e. The maximum absolute atomic E-state index is 10.6. The maximum atomic E-state index is 10.6. The first-order valence-corrected chi connectivity index (χ1v) is 5.01. The Morgan fingerprint density at radius 2 is 1.50 bits per heavy atom. The van der Waals surface area contributed by atoms with Gasteiger partial charge in [0.2, 0.25) is 0 Å². The molecule has 0 fully saturated rings. The summed E-state index contributed by atoms with van der Waals surface area (Å²) in [5.74, 6) is -2.74. The highest BCUT2D eigenvalue weighted by Crippen LogP contribution is 1.82. The second kappa shape index (κ2) is 11.3. The Labute approximate surface area is 105 Å². The summed E-state index contributed by atoms with van der Waals surface area (Å²) in [4.78, 5) is 34.5. The summed E-state index contributed by atoms with van der Waals surface area (Å²) in [5.41, 5.74) is 2.26. The molecule has 0 aromatic heterocycles. The molecule has 18 heavy (non-hydrogen) atoms. The van der Waals surface area contributed by atoms with E-state index in [1.54, 1.807) is 13.0 Å². The number of aliphatic carboxylic acids is 2. The van der Waals surface area contributed by atoms with Gasteiger partial charge < -0.3 is 10.2 Å². The first-order chi connectivity index (χ1) is 8.29. The van der Waals surface area contributed by atoms with Gasteiger partial charge in [-0.25, -0.2) is 15.1 Å². The fraction of sp³-hybridized carbons (Fsp3) is 0.364. The summed E-state index contributed by atoms with van der Waals surface area (Å²) in [6, 6.07) is 0. The summed E-state index contributed by atoms with van der Waals surface area (Å²) in [5, 5.41) is 15.6. The van der Waals surface area contributed by atoms with Crippen molar-refractivity contribution in [1.29, 1.82) is 0 Å². The second-order valence-electron chi connectivity index (χ2n) is 3.14. The molecular formula is C11H17NO6. The monoisotopic (exact) mass is 259 g/mol. The van der Waals surface area contributed by atoms with Gasteiger partial charge in [-0.1, -0.05) is 6.08 Å². The largest absolute Gasteiger partial charge is 0.478 e. The van der Waals surface area contributed by atoms with Crippen molar-refractivity contribution in [1.82, 2.24) is 5.48 Å². The third kappa shape index (κ3) is 19.4. The molecular weight excluding hydrogens is 242 g/mol. The highest BCUT2D eigenvalue weighted by molar-refractivity contribution is 5.89. The van der Waals surface area contributed by atoms with Crippen molar-refractivity contribution >= 4 is 17.8 Å². The second-order valence-corrected chi connectivity index (χ2v) is 3.14. The third-order valence-corrected chi connectivity index (χ3v) is 1.08. The molecule has 102 valence electrons. The van der Waals surface area contributed by atoms with E-state index in [1.807, 2.05) is 13.8 Å². The molecule has 3 N–H and O–H groups in total. The first kappa shape index (κ1) is 18.2. The van der Waals surface area contributed by atoms with Gasteiger partial charge in [-0.15, -0.1) is 0 Å². The van der Waals surface area contributed by atoms with Crippen molar-refractivity contribution in [3.05, 3.63) is 24.3 Å². The number of nitrogens with one attached hydrogen (secondary N) is 1. The Bertz CT molecular complexity index is 316. The lowest BCUT2D eigenvalue weighted by Crippen LogP contribution is -2.24. The van der Waals surface area contributed by atoms with Gasteiger partial charge in [0.15, 0.2) is 0 Å². The topological polar surface area (TPSA) is 113 Å². The van der Waals surface area contributed by atoms with Gasteiger partial charge in [-0.05, 0) is 20.8 Å². The van der Waals surface area contributed by atoms with Crippen molar-refractivity contribution in [2.45, 2.75) is 26.9 Å². The zero-order chi connectivity index (χ0) is 14.6. The standard InChI is InChI=1S/C7H13NO2.C4H4O4/c1-4-5-7(9)8-10-6(2)3;5-3(6)1-2-4(7)8/h4-6H,1-3H3,(H,8,9);1-2H,(H,5,6)(H,7,8)/b;2-1-. The number of carbonyl (C=O) groups excluding carboxylic acids is 1. The van der Waals surface area contributed by atoms with Gasteiger partial charge in [0.25, 0.3) is 5.91 Å². The number of amides is 1. The number of hydrogen-bond acceptors (Lipinski definition) is 4. The zero-order valence-electron chi connectivity index (χ0n) is 10.4. The highest BCUT2D eigenvalue weighted by Gasteiger charge is 1.95. The molecule has 0 aliphatic rings. The normalized spacial score (nSPS) is 10.2. The van der Waals surface area contributed by atoms with Crippen molar-refractivity contribution in [2.75, 3.05) is 0 Å². The van der Waals surface area contributed by atoms with E-state index in [4.69, 9.17) is 15.1 Å². The molecule has 0 heterocycles. The van der Waals surface area contributed by atoms with E-state index in [0.717, 1.165) is 0 Å². The lowest BCUT2D eigenvalue weighted by Gasteiger charge is -2.04. The Kier molecular flexibility index (Phi) is 11.5. The third-order valence-electron chi connectivity index (χ3n) is 1.08. The van der Waals surface area contributed by atoms with Crippen LogP contribution >= 0.6 is 0 Å². The van der Waals surface area contributed by atoms with E-state index in [2.05, 4.69) is 5.48 Å². The van der Waals surface area contributed by atoms with Crippen LogP contribution in [0.25, 0.3) is 0 Å². The predicted octanol–water partition coefficient (Wildman–Crippen LogP) is 0.730. The Morgan fingerprint density at radius 1 is 1.06 bits per heavy atom. The number of hydrogen-bond donors (Lipinski definition) is 3. The van der Waals surface area contributed by atoms with Gasteiger partial charge in [-0.3, -0.25) is 9.63 Å². The molecule has 0 bridgehead atoms. The van der Waals surface area contributed by atoms with Crippen LogP contribution in [0.1, 0.15) is 20.8 Å². The number of carboxylic acid groups (broad SMARTS) is 2. The summed E-state index contributed by atoms with van der Waals surface area (Å²) in [6.45, 7) is 5.46. The molecule has 0 rings (SSSR count). The number of rotatable bonds is 5. The smallest absolute Gasteiger partial charge is 0.328 e. The molecule has 0 saturated carbocycles. The number of carboxylic acids is 2. The van der Waals surface area contributed by atoms with E-state index >= 15 is 0 Å². The van der Waals surface area contributed by atoms with Crippen LogP contribution in [0, 0.1) is 0 Å². The van der Waals surface area contributed by atoms with Crippen molar-refractivity contribution in [2.24, 2.45) is 0 Å². The van der Waals surface area contributed by atoms with E-state index in [9.17, 15) is 14.4 Å². The average Bonchev–Trinajstić information content (AvgIpc) is 2.25. The molecule has 0 radical (unpaired) electrons. The van der Waals surface area contributed by atoms with E-state index in [0.29, 0.717) is 12.2 Å². The quantitative estimate of drug-likeness (QED) is 0.495. The van der Waals surface area contributed by atoms with Crippen LogP contribution in [-0.4, -0.2) is 34.2 Å². The van der Waals surface area contributed by atoms with Gasteiger partial charge in [0, 0.05) is 18.2 Å². The van der Waals surface area contributed by atoms with Crippen molar-refractivity contribution < 1.29 is 29.4 Å². The van der Waals surface area contributed by atoms with E-state index in [-0.39, 0.29) is 12.0 Å². The molecule has 0 aromatic rings. The molecule has 0 saturated heterocycles. The van der Waals surface area contributed by atoms with Crippen LogP contribution < -0.4 is 5.48 Å².